The van der Waals surface area contributed by atoms with Crippen molar-refractivity contribution in [2.45, 2.75) is 25.3 Å². The molecule has 2 fully saturated rings. The van der Waals surface area contributed by atoms with Crippen LogP contribution in [0.2, 0.25) is 0 Å². The summed E-state index contributed by atoms with van der Waals surface area (Å²) in [5, 5.41) is 9.96. The number of piperidine rings is 1. The normalized spacial score (nSPS) is 22.0. The highest BCUT2D eigenvalue weighted by Crippen LogP contribution is 2.23. The lowest BCUT2D eigenvalue weighted by molar-refractivity contribution is 0.0899. The summed E-state index contributed by atoms with van der Waals surface area (Å²) >= 11 is 1.48. The number of ether oxygens (including phenoxy) is 1. The summed E-state index contributed by atoms with van der Waals surface area (Å²) in [6, 6.07) is 0.238. The Morgan fingerprint density at radius 2 is 2.23 bits per heavy atom. The van der Waals surface area contributed by atoms with Gasteiger partial charge in [0.2, 0.25) is 0 Å². The highest BCUT2D eigenvalue weighted by Gasteiger charge is 2.25. The lowest BCUT2D eigenvalue weighted by Crippen LogP contribution is -2.45. The summed E-state index contributed by atoms with van der Waals surface area (Å²) in [7, 11) is 1.87. The van der Waals surface area contributed by atoms with Gasteiger partial charge in [-0.3, -0.25) is 9.48 Å². The summed E-state index contributed by atoms with van der Waals surface area (Å²) in [6.07, 6.45) is 6.86. The molecule has 4 rings (SSSR count). The van der Waals surface area contributed by atoms with Crippen molar-refractivity contribution in [3.8, 4) is 10.6 Å². The van der Waals surface area contributed by atoms with Crippen molar-refractivity contribution in [1.82, 2.24) is 25.0 Å². The number of aryl methyl sites for hydroxylation is 1. The second kappa shape index (κ2) is 7.85. The maximum absolute atomic E-state index is 12.5. The Balaban J connectivity index is 1.27. The molecular weight excluding hydrogens is 350 g/mol. The predicted molar refractivity (Wildman–Crippen MR) is 100 cm³/mol. The van der Waals surface area contributed by atoms with Crippen molar-refractivity contribution < 1.29 is 9.53 Å². The molecule has 4 heterocycles. The van der Waals surface area contributed by atoms with Gasteiger partial charge < -0.3 is 15.0 Å². The van der Waals surface area contributed by atoms with Crippen LogP contribution < -0.4 is 5.32 Å². The van der Waals surface area contributed by atoms with Crippen LogP contribution in [-0.2, 0) is 11.8 Å². The van der Waals surface area contributed by atoms with E-state index in [0.29, 0.717) is 11.6 Å². The third-order valence-corrected chi connectivity index (χ3v) is 6.04. The van der Waals surface area contributed by atoms with Crippen molar-refractivity contribution in [1.29, 1.82) is 0 Å². The van der Waals surface area contributed by atoms with Gasteiger partial charge in [0.25, 0.3) is 5.91 Å². The Kier molecular flexibility index (Phi) is 5.33. The average Bonchev–Trinajstić information content (AvgIpc) is 3.37. The van der Waals surface area contributed by atoms with Crippen molar-refractivity contribution in [2.24, 2.45) is 13.0 Å². The highest BCUT2D eigenvalue weighted by atomic mass is 32.1. The maximum Gasteiger partial charge on any atom is 0.270 e. The molecule has 0 aliphatic carbocycles. The summed E-state index contributed by atoms with van der Waals surface area (Å²) < 4.78 is 7.20. The molecule has 0 bridgehead atoms. The molecule has 2 aromatic heterocycles. The van der Waals surface area contributed by atoms with Crippen molar-refractivity contribution >= 4 is 17.2 Å². The fourth-order valence-electron chi connectivity index (χ4n) is 3.65. The van der Waals surface area contributed by atoms with Crippen LogP contribution in [0.5, 0.6) is 0 Å². The topological polar surface area (TPSA) is 72.3 Å². The van der Waals surface area contributed by atoms with Crippen LogP contribution in [0.15, 0.2) is 17.8 Å². The number of thiazole rings is 1. The quantitative estimate of drug-likeness (QED) is 0.862. The number of likely N-dealkylation sites (tertiary alicyclic amines) is 1. The molecule has 0 radical (unpaired) electrons. The van der Waals surface area contributed by atoms with E-state index in [2.05, 4.69) is 20.3 Å². The zero-order valence-corrected chi connectivity index (χ0v) is 15.9. The summed E-state index contributed by atoms with van der Waals surface area (Å²) in [4.78, 5) is 19.5. The van der Waals surface area contributed by atoms with E-state index in [9.17, 15) is 4.79 Å². The Labute approximate surface area is 157 Å². The molecule has 1 N–H and O–H groups in total. The van der Waals surface area contributed by atoms with Gasteiger partial charge in [-0.1, -0.05) is 0 Å². The first-order chi connectivity index (χ1) is 12.7. The van der Waals surface area contributed by atoms with E-state index >= 15 is 0 Å². The third-order valence-electron chi connectivity index (χ3n) is 5.15. The Morgan fingerprint density at radius 3 is 2.92 bits per heavy atom. The second-order valence-corrected chi connectivity index (χ2v) is 8.08. The fourth-order valence-corrected chi connectivity index (χ4v) is 4.43. The minimum Gasteiger partial charge on any atom is -0.381 e. The lowest BCUT2D eigenvalue weighted by atomic mass is 10.0. The van der Waals surface area contributed by atoms with Crippen LogP contribution >= 0.6 is 11.3 Å². The molecule has 26 heavy (non-hydrogen) atoms. The van der Waals surface area contributed by atoms with E-state index in [1.807, 2.05) is 18.6 Å². The highest BCUT2D eigenvalue weighted by molar-refractivity contribution is 7.13. The van der Waals surface area contributed by atoms with Crippen molar-refractivity contribution in [2.75, 3.05) is 32.8 Å². The van der Waals surface area contributed by atoms with Gasteiger partial charge in [-0.05, 0) is 25.2 Å². The van der Waals surface area contributed by atoms with Gasteiger partial charge in [0.15, 0.2) is 0 Å². The lowest BCUT2D eigenvalue weighted by Gasteiger charge is -2.33. The second-order valence-electron chi connectivity index (χ2n) is 7.22. The van der Waals surface area contributed by atoms with Gasteiger partial charge in [-0.25, -0.2) is 4.98 Å². The predicted octanol–water partition coefficient (Wildman–Crippen LogP) is 1.77. The number of amides is 1. The zero-order valence-electron chi connectivity index (χ0n) is 15.1. The molecule has 0 spiro atoms. The number of carbonyl (C=O) groups excluding carboxylic acids is 1. The monoisotopic (exact) mass is 375 g/mol. The summed E-state index contributed by atoms with van der Waals surface area (Å²) in [5.41, 5.74) is 1.44. The van der Waals surface area contributed by atoms with Crippen LogP contribution in [0, 0.1) is 5.92 Å². The number of nitrogens with zero attached hydrogens (tertiary/aromatic N) is 4. The first-order valence-electron chi connectivity index (χ1n) is 9.23. The number of rotatable bonds is 5. The van der Waals surface area contributed by atoms with E-state index < -0.39 is 0 Å². The SMILES string of the molecule is Cn1cc(-c2nc(C(=O)NC3CCN(CC4CCOC4)CC3)cs2)cn1. The summed E-state index contributed by atoms with van der Waals surface area (Å²) in [5.74, 6) is 0.612. The molecular formula is C18H25N5O2S. The third kappa shape index (κ3) is 4.13. The molecule has 2 saturated heterocycles. The standard InChI is InChI=1S/C18H25N5O2S/c1-22-10-14(8-19-22)18-21-16(12-26-18)17(24)20-15-2-5-23(6-3-15)9-13-4-7-25-11-13/h8,10,12-13,15H,2-7,9,11H2,1H3,(H,20,24). The minimum absolute atomic E-state index is 0.0703. The largest absolute Gasteiger partial charge is 0.381 e. The van der Waals surface area contributed by atoms with E-state index in [-0.39, 0.29) is 11.9 Å². The summed E-state index contributed by atoms with van der Waals surface area (Å²) in [6.45, 7) is 5.02. The van der Waals surface area contributed by atoms with Crippen molar-refractivity contribution in [3.05, 3.63) is 23.5 Å². The first kappa shape index (κ1) is 17.6. The number of aromatic nitrogens is 3. The molecule has 1 unspecified atom stereocenters. The van der Waals surface area contributed by atoms with Gasteiger partial charge in [0.1, 0.15) is 10.7 Å². The van der Waals surface area contributed by atoms with E-state index in [1.165, 1.54) is 17.8 Å². The Bertz CT molecular complexity index is 744. The average molecular weight is 375 g/mol. The number of hydrogen-bond donors (Lipinski definition) is 1. The number of hydrogen-bond acceptors (Lipinski definition) is 6. The van der Waals surface area contributed by atoms with Crippen LogP contribution in [0.25, 0.3) is 10.6 Å². The van der Waals surface area contributed by atoms with Gasteiger partial charge in [-0.2, -0.15) is 5.10 Å². The molecule has 2 aromatic rings. The van der Waals surface area contributed by atoms with Crippen LogP contribution in [0.3, 0.4) is 0 Å². The molecule has 0 aromatic carbocycles. The molecule has 1 amide bonds. The first-order valence-corrected chi connectivity index (χ1v) is 10.1. The molecule has 7 nitrogen and oxygen atoms in total. The molecule has 0 saturated carbocycles. The number of carbonyl (C=O) groups is 1. The Hall–Kier alpha value is -1.77. The van der Waals surface area contributed by atoms with Crippen LogP contribution in [-0.4, -0.2) is 64.5 Å². The molecule has 2 aliphatic rings. The molecule has 1 atom stereocenters. The smallest absolute Gasteiger partial charge is 0.270 e. The Morgan fingerprint density at radius 1 is 1.38 bits per heavy atom. The van der Waals surface area contributed by atoms with Crippen molar-refractivity contribution in [3.63, 3.8) is 0 Å². The van der Waals surface area contributed by atoms with Gasteiger partial charge >= 0.3 is 0 Å². The molecule has 2 aliphatic heterocycles. The van der Waals surface area contributed by atoms with E-state index in [1.54, 1.807) is 10.9 Å². The minimum atomic E-state index is -0.0703. The van der Waals surface area contributed by atoms with Gasteiger partial charge in [-0.15, -0.1) is 11.3 Å². The maximum atomic E-state index is 12.5. The molecule has 8 heteroatoms. The van der Waals surface area contributed by atoms with Crippen LogP contribution in [0.4, 0.5) is 0 Å². The van der Waals surface area contributed by atoms with Gasteiger partial charge in [0.05, 0.1) is 12.8 Å². The van der Waals surface area contributed by atoms with E-state index in [4.69, 9.17) is 4.74 Å². The van der Waals surface area contributed by atoms with Gasteiger partial charge in [0, 0.05) is 56.5 Å². The number of nitrogens with one attached hydrogen (secondary N) is 1. The van der Waals surface area contributed by atoms with E-state index in [0.717, 1.165) is 56.3 Å². The zero-order chi connectivity index (χ0) is 17.9. The van der Waals surface area contributed by atoms with Crippen LogP contribution in [0.1, 0.15) is 29.8 Å². The molecule has 140 valence electrons. The fraction of sp³-hybridized carbons (Fsp3) is 0.611.